The molecule has 0 spiro atoms. The van der Waals surface area contributed by atoms with Crippen molar-refractivity contribution in [2.75, 3.05) is 0 Å². The Morgan fingerprint density at radius 1 is 1.05 bits per heavy atom. The predicted molar refractivity (Wildman–Crippen MR) is 91.5 cm³/mol. The van der Waals surface area contributed by atoms with E-state index in [1.165, 1.54) is 11.1 Å². The summed E-state index contributed by atoms with van der Waals surface area (Å²) in [6, 6.07) is 6.49. The molecule has 0 aliphatic heterocycles. The highest BCUT2D eigenvalue weighted by Crippen LogP contribution is 2.50. The standard InChI is InChI=1S/C14H22Cl2OP2/c1-13(2,3)10-7-8-12(19(16)17-18-15)11(9-10)14(4,5)6/h7-9,18H,1-6H3. The molecule has 0 N–H and O–H groups in total. The van der Waals surface area contributed by atoms with Gasteiger partial charge in [-0.2, -0.15) is 0 Å². The SMILES string of the molecule is CC(C)(C)c1ccc(P(Cl)OPCl)c(C(C)(C)C)c1. The quantitative estimate of drug-likeness (QED) is 0.594. The van der Waals surface area contributed by atoms with Gasteiger partial charge in [-0.3, -0.25) is 0 Å². The highest BCUT2D eigenvalue weighted by Gasteiger charge is 2.25. The molecule has 1 aromatic carbocycles. The second kappa shape index (κ2) is 6.59. The summed E-state index contributed by atoms with van der Waals surface area (Å²) in [4.78, 5) is 0. The lowest BCUT2D eigenvalue weighted by Crippen LogP contribution is -2.23. The second-order valence-electron chi connectivity index (χ2n) is 6.65. The number of hydrogen-bond acceptors (Lipinski definition) is 1. The lowest BCUT2D eigenvalue weighted by Gasteiger charge is -2.28. The highest BCUT2D eigenvalue weighted by molar-refractivity contribution is 7.90. The van der Waals surface area contributed by atoms with E-state index in [0.29, 0.717) is 0 Å². The van der Waals surface area contributed by atoms with Gasteiger partial charge in [-0.05, 0) is 22.0 Å². The van der Waals surface area contributed by atoms with E-state index in [0.717, 1.165) is 5.30 Å². The van der Waals surface area contributed by atoms with Crippen LogP contribution in [0.25, 0.3) is 0 Å². The van der Waals surface area contributed by atoms with Crippen LogP contribution in [0.2, 0.25) is 0 Å². The van der Waals surface area contributed by atoms with E-state index in [-0.39, 0.29) is 19.0 Å². The minimum Gasteiger partial charge on any atom is -0.303 e. The van der Waals surface area contributed by atoms with E-state index < -0.39 is 7.50 Å². The average molecular weight is 339 g/mol. The zero-order chi connectivity index (χ0) is 14.8. The van der Waals surface area contributed by atoms with Crippen LogP contribution in [0, 0.1) is 0 Å². The smallest absolute Gasteiger partial charge is 0.162 e. The molecule has 0 aliphatic rings. The van der Waals surface area contributed by atoms with E-state index in [9.17, 15) is 0 Å². The Balaban J connectivity index is 3.33. The average Bonchev–Trinajstić information content (AvgIpc) is 2.26. The molecule has 2 unspecified atom stereocenters. The number of benzene rings is 1. The molecule has 19 heavy (non-hydrogen) atoms. The molecule has 1 nitrogen and oxygen atoms in total. The molecule has 5 heteroatoms. The molecule has 0 saturated carbocycles. The normalized spacial score (nSPS) is 15.2. The van der Waals surface area contributed by atoms with Crippen molar-refractivity contribution >= 4 is 43.4 Å². The van der Waals surface area contributed by atoms with E-state index in [1.807, 2.05) is 0 Å². The van der Waals surface area contributed by atoms with Crippen molar-refractivity contribution < 1.29 is 4.31 Å². The van der Waals surface area contributed by atoms with Crippen LogP contribution >= 0.6 is 38.1 Å². The molecule has 1 rings (SSSR count). The third-order valence-corrected chi connectivity index (χ3v) is 6.45. The van der Waals surface area contributed by atoms with Crippen molar-refractivity contribution in [2.45, 2.75) is 52.4 Å². The van der Waals surface area contributed by atoms with Crippen molar-refractivity contribution in [3.63, 3.8) is 0 Å². The van der Waals surface area contributed by atoms with Crippen LogP contribution in [0.15, 0.2) is 18.2 Å². The van der Waals surface area contributed by atoms with Gasteiger partial charge in [-0.25, -0.2) is 0 Å². The van der Waals surface area contributed by atoms with Crippen molar-refractivity contribution in [3.8, 4) is 0 Å². The maximum absolute atomic E-state index is 6.35. The van der Waals surface area contributed by atoms with E-state index >= 15 is 0 Å². The zero-order valence-corrected chi connectivity index (χ0v) is 15.7. The summed E-state index contributed by atoms with van der Waals surface area (Å²) >= 11 is 12.0. The fourth-order valence-electron chi connectivity index (χ4n) is 1.84. The van der Waals surface area contributed by atoms with Crippen molar-refractivity contribution in [1.29, 1.82) is 0 Å². The molecule has 0 heterocycles. The maximum Gasteiger partial charge on any atom is 0.162 e. The first-order chi connectivity index (χ1) is 8.57. The number of rotatable bonds is 3. The van der Waals surface area contributed by atoms with Gasteiger partial charge < -0.3 is 4.31 Å². The largest absolute Gasteiger partial charge is 0.303 e. The molecule has 0 bridgehead atoms. The Bertz CT molecular complexity index is 436. The topological polar surface area (TPSA) is 9.23 Å². The number of hydrogen-bond donors (Lipinski definition) is 0. The summed E-state index contributed by atoms with van der Waals surface area (Å²) in [6.45, 7) is 13.2. The van der Waals surface area contributed by atoms with Gasteiger partial charge >= 0.3 is 0 Å². The number of halogens is 2. The first kappa shape index (κ1) is 17.7. The van der Waals surface area contributed by atoms with Crippen LogP contribution in [-0.4, -0.2) is 0 Å². The Labute approximate surface area is 129 Å². The van der Waals surface area contributed by atoms with E-state index in [1.54, 1.807) is 0 Å². The fourth-order valence-corrected chi connectivity index (χ4v) is 4.94. The maximum atomic E-state index is 6.35. The molecule has 0 amide bonds. The fraction of sp³-hybridized carbons (Fsp3) is 0.571. The minimum atomic E-state index is -1.16. The molecule has 0 fully saturated rings. The Morgan fingerprint density at radius 2 is 1.63 bits per heavy atom. The van der Waals surface area contributed by atoms with Gasteiger partial charge in [-0.15, -0.1) is 0 Å². The van der Waals surface area contributed by atoms with Crippen molar-refractivity contribution in [1.82, 2.24) is 0 Å². The Hall–Kier alpha value is 0.620. The van der Waals surface area contributed by atoms with E-state index in [2.05, 4.69) is 59.7 Å². The molecule has 108 valence electrons. The lowest BCUT2D eigenvalue weighted by atomic mass is 9.81. The third kappa shape index (κ3) is 4.83. The Kier molecular flexibility index (Phi) is 6.13. The summed E-state index contributed by atoms with van der Waals surface area (Å²) in [7, 11) is -1.26. The van der Waals surface area contributed by atoms with E-state index in [4.69, 9.17) is 26.8 Å². The second-order valence-corrected chi connectivity index (χ2v) is 9.89. The van der Waals surface area contributed by atoms with Crippen LogP contribution in [0.4, 0.5) is 0 Å². The molecule has 0 aliphatic carbocycles. The van der Waals surface area contributed by atoms with Gasteiger partial charge in [0.05, 0.1) is 0 Å². The van der Waals surface area contributed by atoms with Gasteiger partial charge in [0.15, 0.2) is 7.50 Å². The zero-order valence-electron chi connectivity index (χ0n) is 12.3. The summed E-state index contributed by atoms with van der Waals surface area (Å²) in [5, 5.41) is 1.07. The van der Waals surface area contributed by atoms with Crippen molar-refractivity contribution in [2.24, 2.45) is 0 Å². The minimum absolute atomic E-state index is 0.0326. The van der Waals surface area contributed by atoms with Crippen LogP contribution in [0.5, 0.6) is 0 Å². The van der Waals surface area contributed by atoms with Crippen LogP contribution < -0.4 is 5.30 Å². The first-order valence-corrected chi connectivity index (χ1v) is 10.3. The van der Waals surface area contributed by atoms with Gasteiger partial charge in [0.25, 0.3) is 0 Å². The van der Waals surface area contributed by atoms with Gasteiger partial charge in [0.1, 0.15) is 8.16 Å². The first-order valence-electron chi connectivity index (χ1n) is 6.21. The monoisotopic (exact) mass is 338 g/mol. The molecular weight excluding hydrogens is 317 g/mol. The summed E-state index contributed by atoms with van der Waals surface area (Å²) < 4.78 is 5.41. The summed E-state index contributed by atoms with van der Waals surface area (Å²) in [6.07, 6.45) is 0. The third-order valence-electron chi connectivity index (χ3n) is 2.97. The van der Waals surface area contributed by atoms with Gasteiger partial charge in [0.2, 0.25) is 0 Å². The summed E-state index contributed by atoms with van der Waals surface area (Å²) in [5.41, 5.74) is 2.72. The molecule has 0 aromatic heterocycles. The molecule has 2 atom stereocenters. The van der Waals surface area contributed by atoms with Gasteiger partial charge in [0, 0.05) is 5.30 Å². The Morgan fingerprint density at radius 3 is 2.05 bits per heavy atom. The molecule has 1 aromatic rings. The van der Waals surface area contributed by atoms with Crippen molar-refractivity contribution in [3.05, 3.63) is 29.3 Å². The van der Waals surface area contributed by atoms with Gasteiger partial charge in [-0.1, -0.05) is 82.2 Å². The molecular formula is C14H22Cl2OP2. The molecule has 0 radical (unpaired) electrons. The van der Waals surface area contributed by atoms with Crippen LogP contribution in [-0.2, 0) is 15.1 Å². The van der Waals surface area contributed by atoms with Crippen LogP contribution in [0.3, 0.4) is 0 Å². The summed E-state index contributed by atoms with van der Waals surface area (Å²) in [5.74, 6) is 0. The predicted octanol–water partition coefficient (Wildman–Crippen LogP) is 6.22. The van der Waals surface area contributed by atoms with Crippen LogP contribution in [0.1, 0.15) is 52.7 Å². The highest BCUT2D eigenvalue weighted by atomic mass is 35.7. The molecule has 0 saturated heterocycles. The lowest BCUT2D eigenvalue weighted by molar-refractivity contribution is 0.570.